The van der Waals surface area contributed by atoms with Crippen molar-refractivity contribution in [3.63, 3.8) is 0 Å². The molecule has 0 radical (unpaired) electrons. The summed E-state index contributed by atoms with van der Waals surface area (Å²) in [5.74, 6) is 0.103. The van der Waals surface area contributed by atoms with Crippen molar-refractivity contribution in [3.8, 4) is 5.75 Å². The summed E-state index contributed by atoms with van der Waals surface area (Å²) in [6, 6.07) is 24.9. The summed E-state index contributed by atoms with van der Waals surface area (Å²) in [5.41, 5.74) is 1.60. The van der Waals surface area contributed by atoms with Crippen molar-refractivity contribution in [1.82, 2.24) is 5.32 Å². The highest BCUT2D eigenvalue weighted by atomic mass is 127. The molecule has 0 bridgehead atoms. The zero-order chi connectivity index (χ0) is 19.8. The average molecular weight is 486 g/mol. The highest BCUT2D eigenvalue weighted by Gasteiger charge is 2.22. The quantitative estimate of drug-likeness (QED) is 0.500. The molecule has 3 aromatic carbocycles. The Bertz CT molecular complexity index is 916. The van der Waals surface area contributed by atoms with Crippen LogP contribution < -0.4 is 15.4 Å². The number of anilines is 1. The maximum atomic E-state index is 12.8. The predicted octanol–water partition coefficient (Wildman–Crippen LogP) is 4.63. The van der Waals surface area contributed by atoms with Gasteiger partial charge in [-0.1, -0.05) is 48.5 Å². The minimum Gasteiger partial charge on any atom is -0.410 e. The molecule has 3 rings (SSSR count). The SMILES string of the molecule is O=C(N[C@@H](Cc1ccccc1)C(=O)Nc1ccc(I)cc1)Oc1ccccc1. The maximum absolute atomic E-state index is 12.8. The summed E-state index contributed by atoms with van der Waals surface area (Å²) in [4.78, 5) is 25.1. The number of hydrogen-bond acceptors (Lipinski definition) is 3. The van der Waals surface area contributed by atoms with Gasteiger partial charge in [-0.3, -0.25) is 4.79 Å². The average Bonchev–Trinajstić information content (AvgIpc) is 2.71. The smallest absolute Gasteiger partial charge is 0.410 e. The third kappa shape index (κ3) is 6.09. The molecule has 0 aliphatic carbocycles. The van der Waals surface area contributed by atoms with E-state index in [0.29, 0.717) is 17.9 Å². The molecule has 0 aliphatic rings. The van der Waals surface area contributed by atoms with Crippen molar-refractivity contribution >= 4 is 40.3 Å². The van der Waals surface area contributed by atoms with Crippen LogP contribution in [0.5, 0.6) is 5.75 Å². The molecule has 3 aromatic rings. The van der Waals surface area contributed by atoms with Crippen LogP contribution in [0.25, 0.3) is 0 Å². The zero-order valence-electron chi connectivity index (χ0n) is 15.0. The van der Waals surface area contributed by atoms with Crippen LogP contribution in [0.1, 0.15) is 5.56 Å². The second-order valence-corrected chi connectivity index (χ2v) is 7.33. The molecular weight excluding hydrogens is 467 g/mol. The van der Waals surface area contributed by atoms with E-state index < -0.39 is 12.1 Å². The van der Waals surface area contributed by atoms with Gasteiger partial charge in [-0.2, -0.15) is 0 Å². The Morgan fingerprint density at radius 1 is 0.857 bits per heavy atom. The molecule has 0 fully saturated rings. The van der Waals surface area contributed by atoms with Crippen LogP contribution in [0.4, 0.5) is 10.5 Å². The molecule has 2 N–H and O–H groups in total. The maximum Gasteiger partial charge on any atom is 0.413 e. The van der Waals surface area contributed by atoms with E-state index >= 15 is 0 Å². The van der Waals surface area contributed by atoms with E-state index in [-0.39, 0.29) is 5.91 Å². The first-order valence-corrected chi connectivity index (χ1v) is 9.82. The number of hydrogen-bond donors (Lipinski definition) is 2. The van der Waals surface area contributed by atoms with E-state index in [2.05, 4.69) is 33.2 Å². The lowest BCUT2D eigenvalue weighted by Gasteiger charge is -2.18. The van der Waals surface area contributed by atoms with E-state index in [4.69, 9.17) is 4.74 Å². The number of carbonyl (C=O) groups excluding carboxylic acids is 2. The van der Waals surface area contributed by atoms with Crippen LogP contribution in [-0.4, -0.2) is 18.0 Å². The molecule has 0 heterocycles. The number of rotatable bonds is 6. The number of amides is 2. The molecule has 0 unspecified atom stereocenters. The predicted molar refractivity (Wildman–Crippen MR) is 117 cm³/mol. The largest absolute Gasteiger partial charge is 0.413 e. The van der Waals surface area contributed by atoms with Crippen molar-refractivity contribution in [2.75, 3.05) is 5.32 Å². The summed E-state index contributed by atoms with van der Waals surface area (Å²) in [5, 5.41) is 5.52. The van der Waals surface area contributed by atoms with Crippen molar-refractivity contribution < 1.29 is 14.3 Å². The number of nitrogens with one attached hydrogen (secondary N) is 2. The molecule has 0 saturated carbocycles. The van der Waals surface area contributed by atoms with Gasteiger partial charge in [0.15, 0.2) is 0 Å². The Balaban J connectivity index is 1.71. The van der Waals surface area contributed by atoms with Gasteiger partial charge in [0.25, 0.3) is 0 Å². The third-order valence-electron chi connectivity index (χ3n) is 3.96. The first-order chi connectivity index (χ1) is 13.6. The van der Waals surface area contributed by atoms with Gasteiger partial charge in [-0.25, -0.2) is 4.79 Å². The molecule has 0 spiro atoms. The number of para-hydroxylation sites is 1. The van der Waals surface area contributed by atoms with Gasteiger partial charge in [0.2, 0.25) is 5.91 Å². The third-order valence-corrected chi connectivity index (χ3v) is 4.68. The summed E-state index contributed by atoms with van der Waals surface area (Å²) < 4.78 is 6.34. The fourth-order valence-corrected chi connectivity index (χ4v) is 2.95. The highest BCUT2D eigenvalue weighted by molar-refractivity contribution is 14.1. The fourth-order valence-electron chi connectivity index (χ4n) is 2.59. The van der Waals surface area contributed by atoms with Crippen LogP contribution in [0, 0.1) is 3.57 Å². The minimum absolute atomic E-state index is 0.310. The number of ether oxygens (including phenoxy) is 1. The number of carbonyl (C=O) groups is 2. The Hall–Kier alpha value is -2.87. The van der Waals surface area contributed by atoms with Gasteiger partial charge in [0, 0.05) is 15.7 Å². The second kappa shape index (κ2) is 9.89. The molecule has 28 heavy (non-hydrogen) atoms. The Morgan fingerprint density at radius 2 is 1.46 bits per heavy atom. The lowest BCUT2D eigenvalue weighted by Crippen LogP contribution is -2.46. The molecule has 6 heteroatoms. The molecule has 2 amide bonds. The summed E-state index contributed by atoms with van der Waals surface area (Å²) >= 11 is 2.20. The topological polar surface area (TPSA) is 67.4 Å². The van der Waals surface area contributed by atoms with Crippen LogP contribution >= 0.6 is 22.6 Å². The summed E-state index contributed by atoms with van der Waals surface area (Å²) in [7, 11) is 0. The van der Waals surface area contributed by atoms with E-state index in [1.807, 2.05) is 60.7 Å². The van der Waals surface area contributed by atoms with Gasteiger partial charge in [0.1, 0.15) is 11.8 Å². The lowest BCUT2D eigenvalue weighted by molar-refractivity contribution is -0.118. The van der Waals surface area contributed by atoms with Gasteiger partial charge in [-0.05, 0) is 64.6 Å². The van der Waals surface area contributed by atoms with E-state index in [1.165, 1.54) is 0 Å². The van der Waals surface area contributed by atoms with Crippen molar-refractivity contribution in [2.45, 2.75) is 12.5 Å². The minimum atomic E-state index is -0.780. The van der Waals surface area contributed by atoms with Crippen molar-refractivity contribution in [3.05, 3.63) is 94.1 Å². The zero-order valence-corrected chi connectivity index (χ0v) is 17.1. The van der Waals surface area contributed by atoms with E-state index in [0.717, 1.165) is 9.13 Å². The van der Waals surface area contributed by atoms with Gasteiger partial charge in [0.05, 0.1) is 0 Å². The first kappa shape index (κ1) is 19.9. The van der Waals surface area contributed by atoms with Crippen LogP contribution in [-0.2, 0) is 11.2 Å². The molecule has 1 atom stereocenters. The number of benzene rings is 3. The fraction of sp³-hybridized carbons (Fsp3) is 0.0909. The van der Waals surface area contributed by atoms with Crippen molar-refractivity contribution in [1.29, 1.82) is 0 Å². The van der Waals surface area contributed by atoms with Crippen LogP contribution in [0.2, 0.25) is 0 Å². The Kier molecular flexibility index (Phi) is 7.02. The normalized spacial score (nSPS) is 11.3. The standard InChI is InChI=1S/C22H19IN2O3/c23-17-11-13-18(14-12-17)24-21(26)20(15-16-7-3-1-4-8-16)25-22(27)28-19-9-5-2-6-10-19/h1-14,20H,15H2,(H,24,26)(H,25,27)/t20-/m0/s1. The second-order valence-electron chi connectivity index (χ2n) is 6.09. The summed E-state index contributed by atoms with van der Waals surface area (Å²) in [6.45, 7) is 0. The molecule has 0 aliphatic heterocycles. The van der Waals surface area contributed by atoms with Gasteiger partial charge in [-0.15, -0.1) is 0 Å². The van der Waals surface area contributed by atoms with Crippen LogP contribution in [0.15, 0.2) is 84.9 Å². The Labute approximate surface area is 177 Å². The summed E-state index contributed by atoms with van der Waals surface area (Å²) in [6.07, 6.45) is -0.328. The van der Waals surface area contributed by atoms with Crippen molar-refractivity contribution in [2.24, 2.45) is 0 Å². The lowest BCUT2D eigenvalue weighted by atomic mass is 10.1. The molecular formula is C22H19IN2O3. The van der Waals surface area contributed by atoms with Gasteiger partial charge >= 0.3 is 6.09 Å². The molecule has 5 nitrogen and oxygen atoms in total. The molecule has 142 valence electrons. The van der Waals surface area contributed by atoms with E-state index in [9.17, 15) is 9.59 Å². The van der Waals surface area contributed by atoms with E-state index in [1.54, 1.807) is 24.3 Å². The van der Waals surface area contributed by atoms with Crippen LogP contribution in [0.3, 0.4) is 0 Å². The molecule has 0 aromatic heterocycles. The van der Waals surface area contributed by atoms with Gasteiger partial charge < -0.3 is 15.4 Å². The highest BCUT2D eigenvalue weighted by Crippen LogP contribution is 2.13. The monoisotopic (exact) mass is 486 g/mol. The first-order valence-electron chi connectivity index (χ1n) is 8.74. The number of halogens is 1. The molecule has 0 saturated heterocycles. The Morgan fingerprint density at radius 3 is 2.11 bits per heavy atom.